The fourth-order valence-electron chi connectivity index (χ4n) is 9.06. The fourth-order valence-corrected chi connectivity index (χ4v) is 9.06. The third kappa shape index (κ3) is 7.95. The van der Waals surface area contributed by atoms with Crippen molar-refractivity contribution < 1.29 is 18.3 Å². The summed E-state index contributed by atoms with van der Waals surface area (Å²) in [5.41, 5.74) is 0.554. The highest BCUT2D eigenvalue weighted by atomic mass is 19.2. The summed E-state index contributed by atoms with van der Waals surface area (Å²) in [5, 5.41) is 0. The lowest BCUT2D eigenvalue weighted by molar-refractivity contribution is -0.0757. The predicted molar refractivity (Wildman–Crippen MR) is 164 cm³/mol. The normalized spacial score (nSPS) is 35.0. The summed E-state index contributed by atoms with van der Waals surface area (Å²) in [7, 11) is 0. The van der Waals surface area contributed by atoms with Gasteiger partial charge in [0.25, 0.3) is 0 Å². The molecule has 3 aliphatic carbocycles. The lowest BCUT2D eigenvalue weighted by Gasteiger charge is -2.43. The van der Waals surface area contributed by atoms with E-state index in [1.54, 1.807) is 12.1 Å². The maximum atomic E-state index is 14.9. The van der Waals surface area contributed by atoms with Crippen LogP contribution in [0.1, 0.15) is 134 Å². The average molecular weight is 571 g/mol. The monoisotopic (exact) mass is 570 g/mol. The molecule has 1 aliphatic heterocycles. The minimum atomic E-state index is -0.810. The van der Waals surface area contributed by atoms with Crippen molar-refractivity contribution >= 4 is 0 Å². The van der Waals surface area contributed by atoms with Crippen LogP contribution in [0.5, 0.6) is 5.75 Å². The first-order valence-corrected chi connectivity index (χ1v) is 17.4. The smallest absolute Gasteiger partial charge is 0.200 e. The first kappa shape index (κ1) is 31.0. The van der Waals surface area contributed by atoms with E-state index in [2.05, 4.69) is 19.1 Å². The van der Waals surface area contributed by atoms with Crippen LogP contribution in [0.25, 0.3) is 0 Å². The zero-order chi connectivity index (χ0) is 28.6. The Bertz CT molecular complexity index is 944. The Morgan fingerprint density at radius 3 is 2.00 bits per heavy atom. The fraction of sp³-hybridized carbons (Fsp3) is 0.784. The third-order valence-electron chi connectivity index (χ3n) is 11.6. The molecule has 4 heteroatoms. The van der Waals surface area contributed by atoms with Crippen molar-refractivity contribution in [3.63, 3.8) is 0 Å². The molecule has 2 nitrogen and oxygen atoms in total. The van der Waals surface area contributed by atoms with Gasteiger partial charge >= 0.3 is 0 Å². The van der Waals surface area contributed by atoms with E-state index < -0.39 is 11.6 Å². The van der Waals surface area contributed by atoms with Gasteiger partial charge in [0.2, 0.25) is 5.82 Å². The molecule has 0 N–H and O–H groups in total. The quantitative estimate of drug-likeness (QED) is 0.261. The van der Waals surface area contributed by atoms with E-state index in [1.165, 1.54) is 77.0 Å². The Labute approximate surface area is 249 Å². The zero-order valence-electron chi connectivity index (χ0n) is 25.9. The van der Waals surface area contributed by atoms with Gasteiger partial charge in [0.1, 0.15) is 0 Å². The van der Waals surface area contributed by atoms with Gasteiger partial charge in [-0.3, -0.25) is 0 Å². The molecule has 2 unspecified atom stereocenters. The molecule has 0 amide bonds. The summed E-state index contributed by atoms with van der Waals surface area (Å²) in [4.78, 5) is 0. The molecule has 5 rings (SSSR count). The molecule has 2 atom stereocenters. The van der Waals surface area contributed by atoms with E-state index in [0.29, 0.717) is 18.3 Å². The van der Waals surface area contributed by atoms with Crippen LogP contribution in [0.3, 0.4) is 0 Å². The lowest BCUT2D eigenvalue weighted by atomic mass is 9.67. The largest absolute Gasteiger partial charge is 0.490 e. The van der Waals surface area contributed by atoms with Crippen LogP contribution < -0.4 is 4.74 Å². The van der Waals surface area contributed by atoms with Crippen LogP contribution in [0.4, 0.5) is 8.78 Å². The van der Waals surface area contributed by atoms with Gasteiger partial charge in [-0.25, -0.2) is 4.39 Å². The molecule has 1 heterocycles. The number of hydrogen-bond acceptors (Lipinski definition) is 2. The van der Waals surface area contributed by atoms with Crippen molar-refractivity contribution in [1.82, 2.24) is 0 Å². The van der Waals surface area contributed by atoms with E-state index in [1.807, 2.05) is 6.92 Å². The second kappa shape index (κ2) is 15.3. The summed E-state index contributed by atoms with van der Waals surface area (Å²) in [6.07, 6.45) is 26.3. The van der Waals surface area contributed by atoms with Crippen LogP contribution >= 0.6 is 0 Å². The molecule has 3 saturated carbocycles. The number of allylic oxidation sites excluding steroid dienone is 2. The molecule has 0 aromatic heterocycles. The first-order chi connectivity index (χ1) is 20.1. The van der Waals surface area contributed by atoms with Crippen LogP contribution in [-0.2, 0) is 4.74 Å². The molecule has 0 radical (unpaired) electrons. The minimum Gasteiger partial charge on any atom is -0.490 e. The first-order valence-electron chi connectivity index (χ1n) is 17.4. The maximum absolute atomic E-state index is 14.9. The Kier molecular flexibility index (Phi) is 11.6. The van der Waals surface area contributed by atoms with E-state index in [-0.39, 0.29) is 11.7 Å². The molecule has 0 spiro atoms. The number of benzene rings is 1. The molecular weight excluding hydrogens is 514 g/mol. The second-order valence-corrected chi connectivity index (χ2v) is 14.1. The topological polar surface area (TPSA) is 18.5 Å². The van der Waals surface area contributed by atoms with Gasteiger partial charge in [0.05, 0.1) is 19.3 Å². The Balaban J connectivity index is 1.00. The molecule has 41 heavy (non-hydrogen) atoms. The summed E-state index contributed by atoms with van der Waals surface area (Å²) in [5.74, 6) is 3.63. The third-order valence-corrected chi connectivity index (χ3v) is 11.6. The van der Waals surface area contributed by atoms with Gasteiger partial charge in [-0.15, -0.1) is 0 Å². The number of halogens is 2. The summed E-state index contributed by atoms with van der Waals surface area (Å²) >= 11 is 0. The van der Waals surface area contributed by atoms with Crippen LogP contribution in [-0.4, -0.2) is 19.3 Å². The Morgan fingerprint density at radius 1 is 0.756 bits per heavy atom. The Hall–Kier alpha value is -1.42. The average Bonchev–Trinajstić information content (AvgIpc) is 3.03. The van der Waals surface area contributed by atoms with E-state index in [9.17, 15) is 8.78 Å². The molecule has 4 fully saturated rings. The van der Waals surface area contributed by atoms with Crippen molar-refractivity contribution in [2.45, 2.75) is 135 Å². The Morgan fingerprint density at radius 2 is 1.37 bits per heavy atom. The van der Waals surface area contributed by atoms with E-state index in [0.717, 1.165) is 74.2 Å². The zero-order valence-corrected chi connectivity index (χ0v) is 25.9. The molecular formula is C37H56F2O2. The van der Waals surface area contributed by atoms with Crippen molar-refractivity contribution in [1.29, 1.82) is 0 Å². The van der Waals surface area contributed by atoms with Gasteiger partial charge in [0, 0.05) is 0 Å². The minimum absolute atomic E-state index is 0.0503. The van der Waals surface area contributed by atoms with E-state index in [4.69, 9.17) is 9.47 Å². The highest BCUT2D eigenvalue weighted by Gasteiger charge is 2.37. The van der Waals surface area contributed by atoms with Gasteiger partial charge < -0.3 is 9.47 Å². The summed E-state index contributed by atoms with van der Waals surface area (Å²) in [6.45, 7) is 5.51. The molecule has 230 valence electrons. The predicted octanol–water partition coefficient (Wildman–Crippen LogP) is 10.8. The summed E-state index contributed by atoms with van der Waals surface area (Å²) < 4.78 is 41.4. The SMILES string of the molecule is CC=CCCC1CCC(C2CCC(C3CCC(C4CCC(c5ccc(OCCC)c(F)c5F)CC4)CC3)OC2)CC1. The molecule has 1 aromatic carbocycles. The van der Waals surface area contributed by atoms with Crippen LogP contribution in [0.2, 0.25) is 0 Å². The maximum Gasteiger partial charge on any atom is 0.200 e. The van der Waals surface area contributed by atoms with Crippen molar-refractivity contribution in [2.75, 3.05) is 13.2 Å². The van der Waals surface area contributed by atoms with Crippen LogP contribution in [0, 0.1) is 47.1 Å². The highest BCUT2D eigenvalue weighted by molar-refractivity contribution is 5.33. The van der Waals surface area contributed by atoms with Crippen molar-refractivity contribution in [2.24, 2.45) is 35.5 Å². The molecule has 0 bridgehead atoms. The van der Waals surface area contributed by atoms with Crippen LogP contribution in [0.15, 0.2) is 24.3 Å². The van der Waals surface area contributed by atoms with Crippen molar-refractivity contribution in [3.8, 4) is 5.75 Å². The van der Waals surface area contributed by atoms with E-state index >= 15 is 0 Å². The second-order valence-electron chi connectivity index (χ2n) is 14.1. The van der Waals surface area contributed by atoms with Gasteiger partial charge in [-0.2, -0.15) is 4.39 Å². The number of rotatable bonds is 10. The van der Waals surface area contributed by atoms with Gasteiger partial charge in [-0.05, 0) is 156 Å². The number of hydrogen-bond donors (Lipinski definition) is 0. The molecule has 1 saturated heterocycles. The summed E-state index contributed by atoms with van der Waals surface area (Å²) in [6, 6.07) is 3.40. The molecule has 1 aromatic rings. The highest BCUT2D eigenvalue weighted by Crippen LogP contribution is 2.47. The lowest BCUT2D eigenvalue weighted by Crippen LogP contribution is -2.38. The number of ether oxygens (including phenoxy) is 2. The molecule has 4 aliphatic rings. The van der Waals surface area contributed by atoms with Gasteiger partial charge in [-0.1, -0.05) is 38.0 Å². The van der Waals surface area contributed by atoms with Crippen molar-refractivity contribution in [3.05, 3.63) is 41.5 Å². The van der Waals surface area contributed by atoms with Gasteiger partial charge in [0.15, 0.2) is 11.6 Å². The standard InChI is InChI=1S/C37H56F2O2/c1-3-5-6-7-26-8-10-29(11-9-26)32-20-22-34(41-25-32)31-18-14-28(15-19-31)27-12-16-30(17-13-27)33-21-23-35(40-24-4-2)37(39)36(33)38/h3,5,21,23,26-32,34H,4,6-20,22,24-25H2,1-2H3.